The fourth-order valence-electron chi connectivity index (χ4n) is 4.47. The molecule has 1 saturated carbocycles. The van der Waals surface area contributed by atoms with Crippen molar-refractivity contribution in [3.8, 4) is 0 Å². The number of para-hydroxylation sites is 1. The number of furan rings is 1. The lowest BCUT2D eigenvalue weighted by Crippen LogP contribution is -2.51. The molecule has 23 heavy (non-hydrogen) atoms. The molecular weight excluding hydrogens is 290 g/mol. The molecule has 2 fully saturated rings. The van der Waals surface area contributed by atoms with Crippen LogP contribution in [0.5, 0.6) is 0 Å². The Morgan fingerprint density at radius 3 is 2.91 bits per heavy atom. The van der Waals surface area contributed by atoms with Crippen LogP contribution in [0.2, 0.25) is 0 Å². The normalized spacial score (nSPS) is 31.6. The molecule has 4 nitrogen and oxygen atoms in total. The highest BCUT2D eigenvalue weighted by molar-refractivity contribution is 5.77. The number of methoxy groups -OCH3 is 2. The molecule has 0 bridgehead atoms. The molecule has 1 aliphatic carbocycles. The summed E-state index contributed by atoms with van der Waals surface area (Å²) >= 11 is 0. The van der Waals surface area contributed by atoms with E-state index in [4.69, 9.17) is 13.9 Å². The lowest BCUT2D eigenvalue weighted by atomic mass is 9.79. The van der Waals surface area contributed by atoms with Crippen molar-refractivity contribution < 1.29 is 13.9 Å². The number of hydrogen-bond acceptors (Lipinski definition) is 4. The second-order valence-corrected chi connectivity index (χ2v) is 6.89. The van der Waals surface area contributed by atoms with Crippen molar-refractivity contribution in [2.45, 2.75) is 50.0 Å². The van der Waals surface area contributed by atoms with Gasteiger partial charge in [0, 0.05) is 32.2 Å². The molecule has 4 rings (SSSR count). The van der Waals surface area contributed by atoms with Gasteiger partial charge in [0.05, 0.1) is 18.2 Å². The molecule has 1 saturated heterocycles. The zero-order chi connectivity index (χ0) is 15.9. The fourth-order valence-corrected chi connectivity index (χ4v) is 4.47. The van der Waals surface area contributed by atoms with Crippen LogP contribution in [0.25, 0.3) is 11.0 Å². The Kier molecular flexibility index (Phi) is 3.92. The summed E-state index contributed by atoms with van der Waals surface area (Å²) in [5, 5.41) is 1.18. The number of rotatable bonds is 4. The highest BCUT2D eigenvalue weighted by Crippen LogP contribution is 2.43. The van der Waals surface area contributed by atoms with Gasteiger partial charge in [0.2, 0.25) is 0 Å². The standard InChI is InChI=1S/C19H25NO3/c1-21-15-7-8-19(22-2)9-10-20(18(19)12-15)13-16-11-14-5-3-4-6-17(14)23-16/h3-6,11,15,18H,7-10,12-13H2,1-2H3/t15-,18-,19+/m0/s1. The van der Waals surface area contributed by atoms with Crippen LogP contribution in [0.1, 0.15) is 31.4 Å². The predicted molar refractivity (Wildman–Crippen MR) is 89.4 cm³/mol. The van der Waals surface area contributed by atoms with Crippen molar-refractivity contribution in [2.24, 2.45) is 0 Å². The molecule has 4 heteroatoms. The average molecular weight is 315 g/mol. The second kappa shape index (κ2) is 5.93. The molecule has 0 N–H and O–H groups in total. The first kappa shape index (κ1) is 15.2. The molecule has 124 valence electrons. The topological polar surface area (TPSA) is 34.8 Å². The van der Waals surface area contributed by atoms with Gasteiger partial charge in [0.15, 0.2) is 0 Å². The Labute approximate surface area is 137 Å². The third-order valence-corrected chi connectivity index (χ3v) is 5.82. The van der Waals surface area contributed by atoms with Gasteiger partial charge in [-0.2, -0.15) is 0 Å². The first-order chi connectivity index (χ1) is 11.2. The van der Waals surface area contributed by atoms with E-state index in [-0.39, 0.29) is 5.60 Å². The van der Waals surface area contributed by atoms with Gasteiger partial charge in [-0.15, -0.1) is 0 Å². The highest BCUT2D eigenvalue weighted by atomic mass is 16.5. The van der Waals surface area contributed by atoms with Crippen molar-refractivity contribution in [3.63, 3.8) is 0 Å². The van der Waals surface area contributed by atoms with E-state index in [2.05, 4.69) is 23.1 Å². The van der Waals surface area contributed by atoms with Gasteiger partial charge < -0.3 is 13.9 Å². The van der Waals surface area contributed by atoms with Gasteiger partial charge in [-0.25, -0.2) is 0 Å². The molecule has 0 spiro atoms. The van der Waals surface area contributed by atoms with Crippen LogP contribution in [-0.2, 0) is 16.0 Å². The van der Waals surface area contributed by atoms with Gasteiger partial charge in [0.25, 0.3) is 0 Å². The van der Waals surface area contributed by atoms with Crippen LogP contribution in [-0.4, -0.2) is 43.4 Å². The number of benzene rings is 1. The van der Waals surface area contributed by atoms with Gasteiger partial charge >= 0.3 is 0 Å². The molecule has 2 aliphatic rings. The van der Waals surface area contributed by atoms with E-state index < -0.39 is 0 Å². The minimum absolute atomic E-state index is 0.00104. The van der Waals surface area contributed by atoms with Crippen LogP contribution in [0.3, 0.4) is 0 Å². The summed E-state index contributed by atoms with van der Waals surface area (Å²) in [7, 11) is 3.69. The molecule has 1 aromatic carbocycles. The Morgan fingerprint density at radius 1 is 1.26 bits per heavy atom. The van der Waals surface area contributed by atoms with Crippen LogP contribution in [0.15, 0.2) is 34.7 Å². The van der Waals surface area contributed by atoms with E-state index in [1.165, 1.54) is 5.39 Å². The molecule has 1 aromatic heterocycles. The highest BCUT2D eigenvalue weighted by Gasteiger charge is 2.51. The third-order valence-electron chi connectivity index (χ3n) is 5.82. The summed E-state index contributed by atoms with van der Waals surface area (Å²) < 4.78 is 17.6. The minimum atomic E-state index is 0.00104. The van der Waals surface area contributed by atoms with Gasteiger partial charge in [-0.1, -0.05) is 18.2 Å². The van der Waals surface area contributed by atoms with Gasteiger partial charge in [0.1, 0.15) is 11.3 Å². The average Bonchev–Trinajstić information content (AvgIpc) is 3.16. The lowest BCUT2D eigenvalue weighted by molar-refractivity contribution is -0.0952. The maximum atomic E-state index is 6.02. The fraction of sp³-hybridized carbons (Fsp3) is 0.579. The van der Waals surface area contributed by atoms with E-state index in [1.807, 2.05) is 26.4 Å². The van der Waals surface area contributed by atoms with Crippen LogP contribution < -0.4 is 0 Å². The Morgan fingerprint density at radius 2 is 2.13 bits per heavy atom. The van der Waals surface area contributed by atoms with E-state index in [1.54, 1.807) is 0 Å². The van der Waals surface area contributed by atoms with Crippen molar-refractivity contribution >= 4 is 11.0 Å². The molecule has 3 atom stereocenters. The van der Waals surface area contributed by atoms with Crippen molar-refractivity contribution in [2.75, 3.05) is 20.8 Å². The first-order valence-electron chi connectivity index (χ1n) is 8.53. The summed E-state index contributed by atoms with van der Waals surface area (Å²) in [6.07, 6.45) is 4.68. The predicted octanol–water partition coefficient (Wildman–Crippen LogP) is 3.59. The zero-order valence-electron chi connectivity index (χ0n) is 14.0. The molecular formula is C19H25NO3. The second-order valence-electron chi connectivity index (χ2n) is 6.89. The summed E-state index contributed by atoms with van der Waals surface area (Å²) in [4.78, 5) is 2.52. The monoisotopic (exact) mass is 315 g/mol. The number of fused-ring (bicyclic) bond motifs is 2. The Bertz CT molecular complexity index is 649. The Balaban J connectivity index is 1.56. The smallest absolute Gasteiger partial charge is 0.134 e. The van der Waals surface area contributed by atoms with E-state index in [9.17, 15) is 0 Å². The number of likely N-dealkylation sites (tertiary alicyclic amines) is 1. The van der Waals surface area contributed by atoms with Gasteiger partial charge in [-0.3, -0.25) is 4.90 Å². The number of ether oxygens (including phenoxy) is 2. The van der Waals surface area contributed by atoms with E-state index in [0.29, 0.717) is 12.1 Å². The van der Waals surface area contributed by atoms with E-state index in [0.717, 1.165) is 50.1 Å². The summed E-state index contributed by atoms with van der Waals surface area (Å²) in [5.74, 6) is 1.04. The number of nitrogens with zero attached hydrogens (tertiary/aromatic N) is 1. The number of hydrogen-bond donors (Lipinski definition) is 0. The maximum absolute atomic E-state index is 6.02. The van der Waals surface area contributed by atoms with E-state index >= 15 is 0 Å². The van der Waals surface area contributed by atoms with Crippen LogP contribution >= 0.6 is 0 Å². The SMILES string of the molecule is CO[C@H]1CC[C@@]2(OC)CCN(Cc3cc4ccccc4o3)[C@H]2C1. The van der Waals surface area contributed by atoms with Gasteiger partial charge in [-0.05, 0) is 37.8 Å². The third kappa shape index (κ3) is 2.59. The van der Waals surface area contributed by atoms with Crippen molar-refractivity contribution in [3.05, 3.63) is 36.1 Å². The quantitative estimate of drug-likeness (QED) is 0.863. The summed E-state index contributed by atoms with van der Waals surface area (Å²) in [6.45, 7) is 1.91. The molecule has 2 heterocycles. The Hall–Kier alpha value is -1.36. The zero-order valence-corrected chi connectivity index (χ0v) is 14.0. The van der Waals surface area contributed by atoms with Crippen molar-refractivity contribution in [1.82, 2.24) is 4.90 Å². The minimum Gasteiger partial charge on any atom is -0.460 e. The molecule has 1 aliphatic heterocycles. The molecule has 0 amide bonds. The van der Waals surface area contributed by atoms with Crippen LogP contribution in [0.4, 0.5) is 0 Å². The lowest BCUT2D eigenvalue weighted by Gasteiger charge is -2.43. The van der Waals surface area contributed by atoms with Crippen molar-refractivity contribution in [1.29, 1.82) is 0 Å². The molecule has 0 unspecified atom stereocenters. The summed E-state index contributed by atoms with van der Waals surface area (Å²) in [5.41, 5.74) is 0.972. The van der Waals surface area contributed by atoms with Crippen LogP contribution in [0, 0.1) is 0 Å². The molecule has 0 radical (unpaired) electrons. The summed E-state index contributed by atoms with van der Waals surface area (Å²) in [6, 6.07) is 10.8. The first-order valence-corrected chi connectivity index (χ1v) is 8.53. The molecule has 2 aromatic rings. The largest absolute Gasteiger partial charge is 0.460 e. The maximum Gasteiger partial charge on any atom is 0.134 e.